The maximum Gasteiger partial charge on any atom is 0.326 e. The summed E-state index contributed by atoms with van der Waals surface area (Å²) >= 11 is 2.53. The van der Waals surface area contributed by atoms with Gasteiger partial charge in [-0.2, -0.15) is 11.8 Å². The van der Waals surface area contributed by atoms with Gasteiger partial charge < -0.3 is 10.4 Å². The minimum absolute atomic E-state index is 0.396. The number of carbonyl (C=O) groups excluding carboxylic acids is 1. The lowest BCUT2D eigenvalue weighted by atomic mass is 10.2. The van der Waals surface area contributed by atoms with Gasteiger partial charge in [-0.3, -0.25) is 4.79 Å². The summed E-state index contributed by atoms with van der Waals surface area (Å²) in [5.74, 6) is -0.748. The molecular formula is C10H15N3O3S2. The van der Waals surface area contributed by atoms with Crippen molar-refractivity contribution in [2.75, 3.05) is 12.0 Å². The standard InChI is InChI=1S/C10H15N3O3S2/c1-3-6-8(18-13-12-6)9(14)11-7(10(15)16)4-5-17-2/h7H,3-5H2,1-2H3,(H,11,14)(H,15,16). The number of rotatable bonds is 7. The van der Waals surface area contributed by atoms with Crippen LogP contribution in [-0.2, 0) is 11.2 Å². The van der Waals surface area contributed by atoms with Crippen LogP contribution in [0.1, 0.15) is 28.7 Å². The van der Waals surface area contributed by atoms with Crippen LogP contribution in [0.2, 0.25) is 0 Å². The molecule has 0 spiro atoms. The van der Waals surface area contributed by atoms with Crippen LogP contribution >= 0.6 is 23.3 Å². The monoisotopic (exact) mass is 289 g/mol. The number of thioether (sulfide) groups is 1. The molecule has 1 heterocycles. The lowest BCUT2D eigenvalue weighted by Crippen LogP contribution is -2.41. The lowest BCUT2D eigenvalue weighted by Gasteiger charge is -2.13. The Kier molecular flexibility index (Phi) is 6.06. The summed E-state index contributed by atoms with van der Waals surface area (Å²) in [6.07, 6.45) is 2.89. The topological polar surface area (TPSA) is 92.2 Å². The molecule has 0 bridgehead atoms. The second-order valence-corrected chi connectivity index (χ2v) is 5.29. The highest BCUT2D eigenvalue weighted by molar-refractivity contribution is 7.98. The molecule has 1 aromatic heterocycles. The number of aliphatic carboxylic acids is 1. The molecule has 6 nitrogen and oxygen atoms in total. The average Bonchev–Trinajstić information content (AvgIpc) is 2.82. The first-order valence-electron chi connectivity index (χ1n) is 5.44. The number of hydrogen-bond donors (Lipinski definition) is 2. The SMILES string of the molecule is CCc1nnsc1C(=O)NC(CCSC)C(=O)O. The fraction of sp³-hybridized carbons (Fsp3) is 0.600. The third kappa shape index (κ3) is 3.95. The molecule has 0 aliphatic rings. The van der Waals surface area contributed by atoms with E-state index in [1.54, 1.807) is 11.8 Å². The lowest BCUT2D eigenvalue weighted by molar-refractivity contribution is -0.139. The molecule has 1 aromatic rings. The molecule has 1 rings (SSSR count). The van der Waals surface area contributed by atoms with E-state index in [1.807, 2.05) is 13.2 Å². The van der Waals surface area contributed by atoms with E-state index in [-0.39, 0.29) is 0 Å². The van der Waals surface area contributed by atoms with Gasteiger partial charge in [0, 0.05) is 0 Å². The number of carboxylic acids is 1. The molecule has 0 fully saturated rings. The van der Waals surface area contributed by atoms with Crippen molar-refractivity contribution < 1.29 is 14.7 Å². The van der Waals surface area contributed by atoms with E-state index in [0.717, 1.165) is 11.5 Å². The largest absolute Gasteiger partial charge is 0.480 e. The highest BCUT2D eigenvalue weighted by atomic mass is 32.2. The Bertz CT molecular complexity index is 422. The molecule has 0 saturated carbocycles. The number of carboxylic acid groups (broad SMARTS) is 1. The van der Waals surface area contributed by atoms with Crippen LogP contribution in [0.15, 0.2) is 0 Å². The summed E-state index contributed by atoms with van der Waals surface area (Å²) in [5, 5.41) is 15.4. The molecule has 2 N–H and O–H groups in total. The van der Waals surface area contributed by atoms with Crippen LogP contribution in [0.4, 0.5) is 0 Å². The van der Waals surface area contributed by atoms with E-state index in [1.165, 1.54) is 0 Å². The maximum atomic E-state index is 11.9. The van der Waals surface area contributed by atoms with Crippen LogP contribution < -0.4 is 5.32 Å². The van der Waals surface area contributed by atoms with Crippen molar-refractivity contribution in [3.63, 3.8) is 0 Å². The zero-order valence-corrected chi connectivity index (χ0v) is 11.8. The van der Waals surface area contributed by atoms with Gasteiger partial charge in [-0.1, -0.05) is 11.4 Å². The quantitative estimate of drug-likeness (QED) is 0.779. The molecule has 100 valence electrons. The normalized spacial score (nSPS) is 12.1. The van der Waals surface area contributed by atoms with Crippen LogP contribution in [0, 0.1) is 0 Å². The Hall–Kier alpha value is -1.15. The number of nitrogens with one attached hydrogen (secondary N) is 1. The van der Waals surface area contributed by atoms with E-state index in [0.29, 0.717) is 29.2 Å². The summed E-state index contributed by atoms with van der Waals surface area (Å²) in [6, 6.07) is -0.864. The van der Waals surface area contributed by atoms with Crippen LogP contribution in [0.25, 0.3) is 0 Å². The van der Waals surface area contributed by atoms with Gasteiger partial charge in [-0.05, 0) is 36.4 Å². The first-order valence-corrected chi connectivity index (χ1v) is 7.60. The van der Waals surface area contributed by atoms with Crippen molar-refractivity contribution in [1.82, 2.24) is 14.9 Å². The molecule has 1 atom stereocenters. The molecule has 1 unspecified atom stereocenters. The molecule has 8 heteroatoms. The van der Waals surface area contributed by atoms with Crippen LogP contribution in [-0.4, -0.2) is 44.6 Å². The first-order chi connectivity index (χ1) is 8.60. The number of aromatic nitrogens is 2. The second kappa shape index (κ2) is 7.32. The van der Waals surface area contributed by atoms with E-state index in [9.17, 15) is 9.59 Å². The van der Waals surface area contributed by atoms with Gasteiger partial charge in [0.05, 0.1) is 5.69 Å². The van der Waals surface area contributed by atoms with Gasteiger partial charge in [0.25, 0.3) is 5.91 Å². The van der Waals surface area contributed by atoms with Crippen molar-refractivity contribution in [3.8, 4) is 0 Å². The summed E-state index contributed by atoms with van der Waals surface area (Å²) in [7, 11) is 0. The number of nitrogens with zero attached hydrogens (tertiary/aromatic N) is 2. The molecule has 0 aliphatic carbocycles. The van der Waals surface area contributed by atoms with E-state index >= 15 is 0 Å². The Labute approximate surface area is 113 Å². The highest BCUT2D eigenvalue weighted by Crippen LogP contribution is 2.12. The van der Waals surface area contributed by atoms with E-state index < -0.39 is 17.9 Å². The molecular weight excluding hydrogens is 274 g/mol. The molecule has 0 aromatic carbocycles. The van der Waals surface area contributed by atoms with Crippen molar-refractivity contribution >= 4 is 35.2 Å². The summed E-state index contributed by atoms with van der Waals surface area (Å²) < 4.78 is 3.71. The zero-order valence-electron chi connectivity index (χ0n) is 10.2. The molecule has 0 saturated heterocycles. The van der Waals surface area contributed by atoms with Gasteiger partial charge in [0.2, 0.25) is 0 Å². The Morgan fingerprint density at radius 2 is 2.28 bits per heavy atom. The minimum Gasteiger partial charge on any atom is -0.480 e. The molecule has 0 aliphatic heterocycles. The third-order valence-corrected chi connectivity index (χ3v) is 3.72. The van der Waals surface area contributed by atoms with Crippen molar-refractivity contribution in [1.29, 1.82) is 0 Å². The van der Waals surface area contributed by atoms with Gasteiger partial charge in [-0.25, -0.2) is 4.79 Å². The molecule has 1 amide bonds. The smallest absolute Gasteiger partial charge is 0.326 e. The van der Waals surface area contributed by atoms with Crippen LogP contribution in [0.3, 0.4) is 0 Å². The van der Waals surface area contributed by atoms with Gasteiger partial charge >= 0.3 is 5.97 Å². The van der Waals surface area contributed by atoms with Gasteiger partial charge in [-0.15, -0.1) is 5.10 Å². The zero-order chi connectivity index (χ0) is 13.5. The number of hydrogen-bond acceptors (Lipinski definition) is 6. The summed E-state index contributed by atoms with van der Waals surface area (Å²) in [4.78, 5) is 23.3. The summed E-state index contributed by atoms with van der Waals surface area (Å²) in [6.45, 7) is 1.87. The highest BCUT2D eigenvalue weighted by Gasteiger charge is 2.23. The number of carbonyl (C=O) groups is 2. The third-order valence-electron chi connectivity index (χ3n) is 2.31. The van der Waals surface area contributed by atoms with E-state index in [4.69, 9.17) is 5.11 Å². The predicted molar refractivity (Wildman–Crippen MR) is 71.2 cm³/mol. The van der Waals surface area contributed by atoms with E-state index in [2.05, 4.69) is 14.9 Å². The number of amides is 1. The average molecular weight is 289 g/mol. The predicted octanol–water partition coefficient (Wildman–Crippen LogP) is 1.04. The van der Waals surface area contributed by atoms with Gasteiger partial charge in [0.15, 0.2) is 0 Å². The summed E-state index contributed by atoms with van der Waals surface area (Å²) in [5.41, 5.74) is 0.603. The minimum atomic E-state index is -1.02. The first kappa shape index (κ1) is 14.9. The van der Waals surface area contributed by atoms with Crippen molar-refractivity contribution in [2.45, 2.75) is 25.8 Å². The van der Waals surface area contributed by atoms with Crippen LogP contribution in [0.5, 0.6) is 0 Å². The second-order valence-electron chi connectivity index (χ2n) is 3.55. The molecule has 18 heavy (non-hydrogen) atoms. The Morgan fingerprint density at radius 3 is 2.83 bits per heavy atom. The van der Waals surface area contributed by atoms with Crippen molar-refractivity contribution in [3.05, 3.63) is 10.6 Å². The molecule has 0 radical (unpaired) electrons. The maximum absolute atomic E-state index is 11.9. The fourth-order valence-corrected chi connectivity index (χ4v) is 2.45. The Balaban J connectivity index is 2.69. The fourth-order valence-electron chi connectivity index (χ4n) is 1.33. The van der Waals surface area contributed by atoms with Crippen molar-refractivity contribution in [2.24, 2.45) is 0 Å². The van der Waals surface area contributed by atoms with Gasteiger partial charge in [0.1, 0.15) is 10.9 Å². The Morgan fingerprint density at radius 1 is 1.56 bits per heavy atom. The number of aryl methyl sites for hydroxylation is 1.